The van der Waals surface area contributed by atoms with Crippen molar-refractivity contribution in [2.45, 2.75) is 32.5 Å². The first-order chi connectivity index (χ1) is 9.67. The average molecular weight is 334 g/mol. The van der Waals surface area contributed by atoms with Crippen LogP contribution in [0.25, 0.3) is 0 Å². The number of benzene rings is 2. The number of nitrogens with one attached hydrogen (secondary N) is 1. The van der Waals surface area contributed by atoms with Crippen LogP contribution in [-0.2, 0) is 19.6 Å². The number of hydrogen-bond donors (Lipinski definition) is 2. The standard InChI is InChI=1S/C17H20BrNO/c1-13(9-14-5-7-17(18)8-6-14)19-11-15-3-2-4-16(10-15)12-20/h2-8,10,13,19-20H,9,11-12H2,1H3. The highest BCUT2D eigenvalue weighted by molar-refractivity contribution is 9.10. The van der Waals surface area contributed by atoms with Gasteiger partial charge in [0.2, 0.25) is 0 Å². The molecule has 0 radical (unpaired) electrons. The Balaban J connectivity index is 1.85. The van der Waals surface area contributed by atoms with E-state index in [1.165, 1.54) is 11.1 Å². The van der Waals surface area contributed by atoms with Crippen molar-refractivity contribution in [2.24, 2.45) is 0 Å². The molecule has 0 aliphatic carbocycles. The molecule has 3 heteroatoms. The Bertz CT molecular complexity index is 539. The maximum Gasteiger partial charge on any atom is 0.0681 e. The lowest BCUT2D eigenvalue weighted by atomic mass is 10.1. The molecule has 0 aliphatic heterocycles. The van der Waals surface area contributed by atoms with Crippen molar-refractivity contribution in [3.63, 3.8) is 0 Å². The third-order valence-corrected chi connectivity index (χ3v) is 3.81. The maximum absolute atomic E-state index is 9.13. The van der Waals surface area contributed by atoms with Gasteiger partial charge in [0.1, 0.15) is 0 Å². The van der Waals surface area contributed by atoms with Gasteiger partial charge in [-0.2, -0.15) is 0 Å². The second-order valence-corrected chi connectivity index (χ2v) is 6.01. The molecule has 0 fully saturated rings. The molecule has 20 heavy (non-hydrogen) atoms. The molecule has 0 aliphatic rings. The smallest absolute Gasteiger partial charge is 0.0681 e. The van der Waals surface area contributed by atoms with E-state index in [9.17, 15) is 0 Å². The summed E-state index contributed by atoms with van der Waals surface area (Å²) < 4.78 is 1.11. The minimum Gasteiger partial charge on any atom is -0.392 e. The predicted octanol–water partition coefficient (Wildman–Crippen LogP) is 3.66. The SMILES string of the molecule is CC(Cc1ccc(Br)cc1)NCc1cccc(CO)c1. The van der Waals surface area contributed by atoms with E-state index in [-0.39, 0.29) is 6.61 Å². The van der Waals surface area contributed by atoms with Gasteiger partial charge in [-0.15, -0.1) is 0 Å². The zero-order valence-electron chi connectivity index (χ0n) is 11.6. The molecule has 0 saturated heterocycles. The number of hydrogen-bond acceptors (Lipinski definition) is 2. The first kappa shape index (κ1) is 15.2. The summed E-state index contributed by atoms with van der Waals surface area (Å²) in [4.78, 5) is 0. The molecule has 106 valence electrons. The Morgan fingerprint density at radius 2 is 1.75 bits per heavy atom. The first-order valence-corrected chi connectivity index (χ1v) is 7.63. The summed E-state index contributed by atoms with van der Waals surface area (Å²) in [5.41, 5.74) is 3.50. The van der Waals surface area contributed by atoms with E-state index in [4.69, 9.17) is 5.11 Å². The van der Waals surface area contributed by atoms with Crippen LogP contribution in [0.3, 0.4) is 0 Å². The molecular formula is C17H20BrNO. The topological polar surface area (TPSA) is 32.3 Å². The van der Waals surface area contributed by atoms with Gasteiger partial charge in [-0.05, 0) is 42.2 Å². The van der Waals surface area contributed by atoms with Crippen LogP contribution in [0.15, 0.2) is 53.0 Å². The molecule has 1 unspecified atom stereocenters. The fourth-order valence-corrected chi connectivity index (χ4v) is 2.44. The lowest BCUT2D eigenvalue weighted by Gasteiger charge is -2.14. The first-order valence-electron chi connectivity index (χ1n) is 6.84. The molecule has 0 saturated carbocycles. The third-order valence-electron chi connectivity index (χ3n) is 3.28. The largest absolute Gasteiger partial charge is 0.392 e. The van der Waals surface area contributed by atoms with Crippen LogP contribution in [0.2, 0.25) is 0 Å². The van der Waals surface area contributed by atoms with Crippen molar-refractivity contribution in [1.82, 2.24) is 5.32 Å². The fourth-order valence-electron chi connectivity index (χ4n) is 2.18. The Morgan fingerprint density at radius 1 is 1.05 bits per heavy atom. The molecule has 2 rings (SSSR count). The minimum absolute atomic E-state index is 0.0995. The van der Waals surface area contributed by atoms with Gasteiger partial charge in [0.15, 0.2) is 0 Å². The van der Waals surface area contributed by atoms with Crippen LogP contribution < -0.4 is 5.32 Å². The minimum atomic E-state index is 0.0995. The molecule has 0 heterocycles. The van der Waals surface area contributed by atoms with Gasteiger partial charge >= 0.3 is 0 Å². The van der Waals surface area contributed by atoms with E-state index in [2.05, 4.69) is 58.5 Å². The van der Waals surface area contributed by atoms with E-state index in [0.29, 0.717) is 6.04 Å². The van der Waals surface area contributed by atoms with Crippen molar-refractivity contribution in [3.05, 3.63) is 69.7 Å². The molecule has 0 aromatic heterocycles. The molecule has 2 N–H and O–H groups in total. The van der Waals surface area contributed by atoms with Crippen LogP contribution in [-0.4, -0.2) is 11.1 Å². The summed E-state index contributed by atoms with van der Waals surface area (Å²) >= 11 is 3.45. The van der Waals surface area contributed by atoms with Crippen molar-refractivity contribution >= 4 is 15.9 Å². The van der Waals surface area contributed by atoms with Crippen LogP contribution in [0.5, 0.6) is 0 Å². The zero-order valence-corrected chi connectivity index (χ0v) is 13.2. The van der Waals surface area contributed by atoms with Crippen molar-refractivity contribution in [2.75, 3.05) is 0 Å². The second-order valence-electron chi connectivity index (χ2n) is 5.09. The van der Waals surface area contributed by atoms with Crippen molar-refractivity contribution < 1.29 is 5.11 Å². The normalized spacial score (nSPS) is 12.3. The van der Waals surface area contributed by atoms with E-state index in [1.54, 1.807) is 0 Å². The molecule has 0 bridgehead atoms. The summed E-state index contributed by atoms with van der Waals surface area (Å²) in [6.45, 7) is 3.12. The van der Waals surface area contributed by atoms with Gasteiger partial charge in [0.25, 0.3) is 0 Å². The molecule has 2 aromatic rings. The van der Waals surface area contributed by atoms with E-state index < -0.39 is 0 Å². The van der Waals surface area contributed by atoms with Gasteiger partial charge in [0.05, 0.1) is 6.61 Å². The van der Waals surface area contributed by atoms with Gasteiger partial charge < -0.3 is 10.4 Å². The van der Waals surface area contributed by atoms with Crippen LogP contribution in [0, 0.1) is 0 Å². The molecule has 0 spiro atoms. The van der Waals surface area contributed by atoms with Gasteiger partial charge in [-0.25, -0.2) is 0 Å². The summed E-state index contributed by atoms with van der Waals surface area (Å²) in [6, 6.07) is 16.9. The second kappa shape index (κ2) is 7.58. The van der Waals surface area contributed by atoms with E-state index in [0.717, 1.165) is 23.0 Å². The van der Waals surface area contributed by atoms with Crippen LogP contribution in [0.1, 0.15) is 23.6 Å². The highest BCUT2D eigenvalue weighted by atomic mass is 79.9. The fraction of sp³-hybridized carbons (Fsp3) is 0.294. The highest BCUT2D eigenvalue weighted by Crippen LogP contribution is 2.12. The number of halogens is 1. The summed E-state index contributed by atoms with van der Waals surface area (Å²) in [7, 11) is 0. The Kier molecular flexibility index (Phi) is 5.77. The molecule has 2 aromatic carbocycles. The molecule has 1 atom stereocenters. The predicted molar refractivity (Wildman–Crippen MR) is 86.5 cm³/mol. The van der Waals surface area contributed by atoms with Gasteiger partial charge in [0, 0.05) is 17.1 Å². The number of rotatable bonds is 6. The monoisotopic (exact) mass is 333 g/mol. The number of aliphatic hydroxyl groups excluding tert-OH is 1. The van der Waals surface area contributed by atoms with Gasteiger partial charge in [-0.3, -0.25) is 0 Å². The highest BCUT2D eigenvalue weighted by Gasteiger charge is 2.04. The summed E-state index contributed by atoms with van der Waals surface area (Å²) in [6.07, 6.45) is 1.01. The van der Waals surface area contributed by atoms with Crippen LogP contribution >= 0.6 is 15.9 Å². The Hall–Kier alpha value is -1.16. The third kappa shape index (κ3) is 4.75. The maximum atomic E-state index is 9.13. The lowest BCUT2D eigenvalue weighted by Crippen LogP contribution is -2.27. The lowest BCUT2D eigenvalue weighted by molar-refractivity contribution is 0.281. The quantitative estimate of drug-likeness (QED) is 0.845. The van der Waals surface area contributed by atoms with Gasteiger partial charge in [-0.1, -0.05) is 52.3 Å². The average Bonchev–Trinajstić information content (AvgIpc) is 2.48. The van der Waals surface area contributed by atoms with E-state index in [1.807, 2.05) is 18.2 Å². The molecular weight excluding hydrogens is 314 g/mol. The van der Waals surface area contributed by atoms with E-state index >= 15 is 0 Å². The molecule has 0 amide bonds. The zero-order chi connectivity index (χ0) is 14.4. The summed E-state index contributed by atoms with van der Waals surface area (Å²) in [5.74, 6) is 0. The number of aliphatic hydroxyl groups is 1. The van der Waals surface area contributed by atoms with Crippen LogP contribution in [0.4, 0.5) is 0 Å². The Labute approximate surface area is 129 Å². The summed E-state index contributed by atoms with van der Waals surface area (Å²) in [5, 5.41) is 12.7. The Morgan fingerprint density at radius 3 is 2.45 bits per heavy atom. The van der Waals surface area contributed by atoms with Crippen molar-refractivity contribution in [3.8, 4) is 0 Å². The molecule has 2 nitrogen and oxygen atoms in total. The van der Waals surface area contributed by atoms with Crippen molar-refractivity contribution in [1.29, 1.82) is 0 Å².